The Hall–Kier alpha value is -1.10. The number of halogens is 4. The topological polar surface area (TPSA) is 16.6 Å². The lowest BCUT2D eigenvalue weighted by Gasteiger charge is -2.09. The van der Waals surface area contributed by atoms with Gasteiger partial charge in [0.1, 0.15) is 5.82 Å². The minimum Gasteiger partial charge on any atom is -0.475 e. The fourth-order valence-corrected chi connectivity index (χ4v) is 1.06. The molecule has 0 fully saturated rings. The Bertz CT molecular complexity index is 319. The van der Waals surface area contributed by atoms with Crippen molar-refractivity contribution in [2.75, 3.05) is 0 Å². The first-order valence-electron chi connectivity index (χ1n) is 3.91. The highest BCUT2D eigenvalue weighted by atomic mass is 19.4. The van der Waals surface area contributed by atoms with Crippen molar-refractivity contribution >= 4 is 0 Å². The molecule has 0 bridgehead atoms. The summed E-state index contributed by atoms with van der Waals surface area (Å²) in [5.74, 6) is -0.641. The van der Waals surface area contributed by atoms with Gasteiger partial charge in [0.2, 0.25) is 0 Å². The largest absolute Gasteiger partial charge is 0.475 e. The van der Waals surface area contributed by atoms with Crippen LogP contribution in [-0.2, 0) is 12.7 Å². The molecule has 0 aromatic heterocycles. The molecule has 2 N–H and O–H groups in total. The molecular weight excluding hydrogens is 198 g/mol. The Morgan fingerprint density at radius 3 is 2.43 bits per heavy atom. The molecule has 78 valence electrons. The fraction of sp³-hybridized carbons (Fsp3) is 0.222. The van der Waals surface area contributed by atoms with E-state index in [1.165, 1.54) is 5.32 Å². The third-order valence-corrected chi connectivity index (χ3v) is 1.74. The first-order valence-corrected chi connectivity index (χ1v) is 3.91. The number of rotatable bonds is 2. The van der Waals surface area contributed by atoms with Gasteiger partial charge in [0, 0.05) is 5.56 Å². The molecule has 5 heteroatoms. The van der Waals surface area contributed by atoms with E-state index in [0.717, 1.165) is 18.2 Å². The molecule has 0 amide bonds. The molecule has 0 atom stereocenters. The third kappa shape index (κ3) is 2.45. The number of alkyl halides is 3. The SMILES string of the molecule is [CH2-][NH2+]Cc1cc(C(F)(F)F)ccc1F. The van der Waals surface area contributed by atoms with Gasteiger partial charge in [0.05, 0.1) is 12.1 Å². The minimum atomic E-state index is -4.43. The van der Waals surface area contributed by atoms with Gasteiger partial charge in [0.25, 0.3) is 0 Å². The summed E-state index contributed by atoms with van der Waals surface area (Å²) in [5, 5.41) is 1.36. The summed E-state index contributed by atoms with van der Waals surface area (Å²) in [5.41, 5.74) is -0.828. The summed E-state index contributed by atoms with van der Waals surface area (Å²) in [6.07, 6.45) is -4.43. The van der Waals surface area contributed by atoms with Gasteiger partial charge in [-0.3, -0.25) is 0 Å². The molecule has 0 aliphatic rings. The second-order valence-electron chi connectivity index (χ2n) is 2.80. The summed E-state index contributed by atoms with van der Waals surface area (Å²) in [6.45, 7) is 0.0930. The molecule has 1 nitrogen and oxygen atoms in total. The van der Waals surface area contributed by atoms with Crippen LogP contribution in [0.25, 0.3) is 0 Å². The zero-order valence-corrected chi connectivity index (χ0v) is 7.24. The van der Waals surface area contributed by atoms with Crippen molar-refractivity contribution in [2.45, 2.75) is 12.7 Å². The Morgan fingerprint density at radius 2 is 1.93 bits per heavy atom. The van der Waals surface area contributed by atoms with Gasteiger partial charge in [-0.05, 0) is 18.2 Å². The van der Waals surface area contributed by atoms with Gasteiger partial charge < -0.3 is 5.32 Å². The smallest absolute Gasteiger partial charge is 0.416 e. The molecule has 1 rings (SSSR count). The predicted octanol–water partition coefficient (Wildman–Crippen LogP) is 1.70. The zero-order chi connectivity index (χ0) is 10.8. The number of hydrogen-bond donors (Lipinski definition) is 1. The highest BCUT2D eigenvalue weighted by Gasteiger charge is 2.31. The highest BCUT2D eigenvalue weighted by molar-refractivity contribution is 5.26. The van der Waals surface area contributed by atoms with Crippen molar-refractivity contribution < 1.29 is 22.9 Å². The summed E-state index contributed by atoms with van der Waals surface area (Å²) < 4.78 is 49.5. The standard InChI is InChI=1S/C9H9F4N/c1-14-5-6-4-7(9(11,12)13)2-3-8(6)10/h2-4H,1,5,14H2. The molecule has 0 heterocycles. The van der Waals surface area contributed by atoms with Crippen LogP contribution in [-0.4, -0.2) is 0 Å². The molecule has 0 aliphatic carbocycles. The molecule has 1 aromatic rings. The van der Waals surface area contributed by atoms with E-state index in [1.54, 1.807) is 0 Å². The van der Waals surface area contributed by atoms with E-state index >= 15 is 0 Å². The quantitative estimate of drug-likeness (QED) is 0.561. The summed E-state index contributed by atoms with van der Waals surface area (Å²) in [6, 6.07) is 2.35. The first-order chi connectivity index (χ1) is 6.45. The van der Waals surface area contributed by atoms with E-state index in [4.69, 9.17) is 0 Å². The molecular formula is C9H9F4N. The molecule has 14 heavy (non-hydrogen) atoms. The lowest BCUT2D eigenvalue weighted by atomic mass is 10.1. The maximum Gasteiger partial charge on any atom is 0.416 e. The molecule has 0 spiro atoms. The van der Waals surface area contributed by atoms with Crippen LogP contribution in [0.3, 0.4) is 0 Å². The van der Waals surface area contributed by atoms with Crippen LogP contribution in [0.5, 0.6) is 0 Å². The van der Waals surface area contributed by atoms with Crippen molar-refractivity contribution in [1.29, 1.82) is 0 Å². The van der Waals surface area contributed by atoms with Crippen LogP contribution >= 0.6 is 0 Å². The van der Waals surface area contributed by atoms with Gasteiger partial charge in [-0.25, -0.2) is 4.39 Å². The minimum absolute atomic E-state index is 0.00910. The number of benzene rings is 1. The number of quaternary nitrogens is 1. The van der Waals surface area contributed by atoms with E-state index in [1.807, 2.05) is 0 Å². The molecule has 0 saturated carbocycles. The lowest BCUT2D eigenvalue weighted by molar-refractivity contribution is -0.612. The van der Waals surface area contributed by atoms with Crippen molar-refractivity contribution in [2.24, 2.45) is 0 Å². The van der Waals surface area contributed by atoms with E-state index < -0.39 is 17.6 Å². The maximum absolute atomic E-state index is 12.9. The Morgan fingerprint density at radius 1 is 1.29 bits per heavy atom. The molecule has 0 saturated heterocycles. The second-order valence-corrected chi connectivity index (χ2v) is 2.80. The van der Waals surface area contributed by atoms with Gasteiger partial charge in [0.15, 0.2) is 0 Å². The normalized spacial score (nSPS) is 11.8. The number of nitrogens with two attached hydrogens (primary N) is 1. The molecule has 0 radical (unpaired) electrons. The second kappa shape index (κ2) is 3.96. The summed E-state index contributed by atoms with van der Waals surface area (Å²) in [4.78, 5) is 0. The van der Waals surface area contributed by atoms with Gasteiger partial charge in [-0.1, -0.05) is 0 Å². The maximum atomic E-state index is 12.9. The van der Waals surface area contributed by atoms with Crippen LogP contribution < -0.4 is 5.32 Å². The molecule has 1 aromatic carbocycles. The van der Waals surface area contributed by atoms with Crippen LogP contribution in [0, 0.1) is 12.9 Å². The fourth-order valence-electron chi connectivity index (χ4n) is 1.06. The monoisotopic (exact) mass is 207 g/mol. The van der Waals surface area contributed by atoms with E-state index in [9.17, 15) is 17.6 Å². The Kier molecular flexibility index (Phi) is 3.10. The first kappa shape index (κ1) is 11.0. The van der Waals surface area contributed by atoms with Crippen molar-refractivity contribution in [3.05, 3.63) is 42.2 Å². The summed E-state index contributed by atoms with van der Waals surface area (Å²) in [7, 11) is 3.34. The van der Waals surface area contributed by atoms with Crippen LogP contribution in [0.1, 0.15) is 11.1 Å². The van der Waals surface area contributed by atoms with E-state index in [-0.39, 0.29) is 12.1 Å². The highest BCUT2D eigenvalue weighted by Crippen LogP contribution is 2.30. The average molecular weight is 207 g/mol. The summed E-state index contributed by atoms with van der Waals surface area (Å²) >= 11 is 0. The predicted molar refractivity (Wildman–Crippen MR) is 42.4 cm³/mol. The van der Waals surface area contributed by atoms with Gasteiger partial charge in [-0.15, -0.1) is 0 Å². The Balaban J connectivity index is 3.06. The molecule has 0 aliphatic heterocycles. The lowest BCUT2D eigenvalue weighted by Crippen LogP contribution is -2.75. The van der Waals surface area contributed by atoms with Gasteiger partial charge >= 0.3 is 6.18 Å². The van der Waals surface area contributed by atoms with E-state index in [0.29, 0.717) is 0 Å². The zero-order valence-electron chi connectivity index (χ0n) is 7.24. The van der Waals surface area contributed by atoms with Crippen LogP contribution in [0.4, 0.5) is 17.6 Å². The van der Waals surface area contributed by atoms with Crippen molar-refractivity contribution in [3.8, 4) is 0 Å². The van der Waals surface area contributed by atoms with Crippen molar-refractivity contribution in [1.82, 2.24) is 0 Å². The van der Waals surface area contributed by atoms with Crippen LogP contribution in [0.15, 0.2) is 18.2 Å². The van der Waals surface area contributed by atoms with Gasteiger partial charge in [-0.2, -0.15) is 20.2 Å². The number of hydrogen-bond acceptors (Lipinski definition) is 0. The Labute approximate surface area is 78.7 Å². The molecule has 0 unspecified atom stereocenters. The third-order valence-electron chi connectivity index (χ3n) is 1.74. The van der Waals surface area contributed by atoms with E-state index in [2.05, 4.69) is 7.05 Å². The average Bonchev–Trinajstić information content (AvgIpc) is 2.07. The van der Waals surface area contributed by atoms with Crippen LogP contribution in [0.2, 0.25) is 0 Å². The van der Waals surface area contributed by atoms with Crippen molar-refractivity contribution in [3.63, 3.8) is 0 Å².